The summed E-state index contributed by atoms with van der Waals surface area (Å²) in [4.78, 5) is 14.8. The van der Waals surface area contributed by atoms with E-state index in [-0.39, 0.29) is 11.9 Å². The summed E-state index contributed by atoms with van der Waals surface area (Å²) in [5.74, 6) is 2.13. The number of nitrogens with zero attached hydrogens (tertiary/aromatic N) is 1. The zero-order valence-electron chi connectivity index (χ0n) is 12.7. The van der Waals surface area contributed by atoms with E-state index >= 15 is 0 Å². The molecule has 0 saturated carbocycles. The predicted molar refractivity (Wildman–Crippen MR) is 84.0 cm³/mol. The van der Waals surface area contributed by atoms with Crippen molar-refractivity contribution >= 4 is 17.7 Å². The molecule has 2 saturated heterocycles. The second-order valence-corrected chi connectivity index (χ2v) is 7.64. The van der Waals surface area contributed by atoms with Gasteiger partial charge in [-0.15, -0.1) is 0 Å². The molecule has 0 aliphatic carbocycles. The Morgan fingerprint density at radius 1 is 1.35 bits per heavy atom. The van der Waals surface area contributed by atoms with Gasteiger partial charge in [0.25, 0.3) is 0 Å². The van der Waals surface area contributed by atoms with Gasteiger partial charge >= 0.3 is 0 Å². The first-order chi connectivity index (χ1) is 9.52. The molecule has 116 valence electrons. The van der Waals surface area contributed by atoms with Gasteiger partial charge in [0.05, 0.1) is 11.6 Å². The third-order valence-corrected chi connectivity index (χ3v) is 5.59. The van der Waals surface area contributed by atoms with Crippen LogP contribution in [-0.4, -0.2) is 58.7 Å². The van der Waals surface area contributed by atoms with Crippen molar-refractivity contribution in [2.75, 3.05) is 31.1 Å². The largest absolute Gasteiger partial charge is 0.387 e. The van der Waals surface area contributed by atoms with Crippen LogP contribution in [-0.2, 0) is 4.79 Å². The molecule has 2 atom stereocenters. The Morgan fingerprint density at radius 2 is 2.05 bits per heavy atom. The maximum absolute atomic E-state index is 12.5. The molecule has 1 amide bonds. The second-order valence-electron chi connectivity index (χ2n) is 6.53. The van der Waals surface area contributed by atoms with Gasteiger partial charge in [-0.25, -0.2) is 0 Å². The monoisotopic (exact) mass is 300 g/mol. The maximum atomic E-state index is 12.5. The lowest BCUT2D eigenvalue weighted by atomic mass is 9.97. The van der Waals surface area contributed by atoms with Gasteiger partial charge in [-0.1, -0.05) is 20.3 Å². The molecule has 0 radical (unpaired) electrons. The van der Waals surface area contributed by atoms with E-state index < -0.39 is 5.60 Å². The highest BCUT2D eigenvalue weighted by Crippen LogP contribution is 2.27. The Morgan fingerprint density at radius 3 is 2.60 bits per heavy atom. The Kier molecular flexibility index (Phi) is 5.75. The molecule has 20 heavy (non-hydrogen) atoms. The first kappa shape index (κ1) is 16.1. The van der Waals surface area contributed by atoms with Crippen molar-refractivity contribution < 1.29 is 9.90 Å². The van der Waals surface area contributed by atoms with Gasteiger partial charge in [0.1, 0.15) is 0 Å². The van der Waals surface area contributed by atoms with Gasteiger partial charge in [0, 0.05) is 12.3 Å². The number of thioether (sulfide) groups is 1. The number of carbonyl (C=O) groups excluding carboxylic acids is 1. The number of aliphatic hydroxyl groups is 1. The van der Waals surface area contributed by atoms with Gasteiger partial charge in [0.2, 0.25) is 5.91 Å². The van der Waals surface area contributed by atoms with Gasteiger partial charge < -0.3 is 10.4 Å². The summed E-state index contributed by atoms with van der Waals surface area (Å²) >= 11 is 1.76. The van der Waals surface area contributed by atoms with Crippen LogP contribution >= 0.6 is 11.8 Å². The van der Waals surface area contributed by atoms with Crippen molar-refractivity contribution in [2.24, 2.45) is 5.92 Å². The molecule has 0 aromatic carbocycles. The average Bonchev–Trinajstić information content (AvgIpc) is 2.85. The number of likely N-dealkylation sites (tertiary alicyclic amines) is 1. The normalized spacial score (nSPS) is 29.6. The SMILES string of the molecule is CC(C)C(C(=O)NCC1(O)CCSC1)N1CCCCC1. The number of piperidine rings is 1. The molecule has 2 rings (SSSR count). The lowest BCUT2D eigenvalue weighted by Gasteiger charge is -2.36. The van der Waals surface area contributed by atoms with E-state index in [0.717, 1.165) is 31.0 Å². The highest BCUT2D eigenvalue weighted by atomic mass is 32.2. The summed E-state index contributed by atoms with van der Waals surface area (Å²) in [7, 11) is 0. The van der Waals surface area contributed by atoms with E-state index in [1.807, 2.05) is 0 Å². The third-order valence-electron chi connectivity index (χ3n) is 4.36. The fourth-order valence-electron chi connectivity index (χ4n) is 3.18. The zero-order valence-corrected chi connectivity index (χ0v) is 13.5. The van der Waals surface area contributed by atoms with Crippen LogP contribution in [0.3, 0.4) is 0 Å². The van der Waals surface area contributed by atoms with Crippen LogP contribution in [0.5, 0.6) is 0 Å². The molecule has 0 aromatic heterocycles. The van der Waals surface area contributed by atoms with Crippen LogP contribution in [0.15, 0.2) is 0 Å². The van der Waals surface area contributed by atoms with Crippen molar-refractivity contribution in [3.05, 3.63) is 0 Å². The van der Waals surface area contributed by atoms with Gasteiger partial charge in [0.15, 0.2) is 0 Å². The van der Waals surface area contributed by atoms with E-state index in [9.17, 15) is 9.90 Å². The molecule has 2 aliphatic heterocycles. The molecule has 4 nitrogen and oxygen atoms in total. The quantitative estimate of drug-likeness (QED) is 0.807. The third kappa shape index (κ3) is 4.12. The van der Waals surface area contributed by atoms with E-state index in [1.54, 1.807) is 11.8 Å². The molecule has 2 fully saturated rings. The summed E-state index contributed by atoms with van der Waals surface area (Å²) in [5.41, 5.74) is -0.691. The summed E-state index contributed by atoms with van der Waals surface area (Å²) in [5, 5.41) is 13.3. The van der Waals surface area contributed by atoms with Gasteiger partial charge in [-0.2, -0.15) is 11.8 Å². The number of nitrogens with one attached hydrogen (secondary N) is 1. The van der Waals surface area contributed by atoms with Crippen molar-refractivity contribution in [3.8, 4) is 0 Å². The molecule has 2 unspecified atom stereocenters. The van der Waals surface area contributed by atoms with Crippen LogP contribution in [0.4, 0.5) is 0 Å². The molecule has 5 heteroatoms. The number of hydrogen-bond acceptors (Lipinski definition) is 4. The van der Waals surface area contributed by atoms with Crippen LogP contribution in [0, 0.1) is 5.92 Å². The molecule has 0 spiro atoms. The van der Waals surface area contributed by atoms with Crippen LogP contribution in [0.2, 0.25) is 0 Å². The molecule has 0 aromatic rings. The Balaban J connectivity index is 1.89. The smallest absolute Gasteiger partial charge is 0.237 e. The standard InChI is InChI=1S/C15H28N2O2S/c1-12(2)13(17-7-4-3-5-8-17)14(18)16-10-15(19)6-9-20-11-15/h12-13,19H,3-11H2,1-2H3,(H,16,18). The Hall–Kier alpha value is -0.260. The molecule has 2 heterocycles. The minimum atomic E-state index is -0.691. The fourth-order valence-corrected chi connectivity index (χ4v) is 4.47. The molecule has 2 aliphatic rings. The minimum Gasteiger partial charge on any atom is -0.387 e. The Bertz CT molecular complexity index is 324. The van der Waals surface area contributed by atoms with E-state index in [0.29, 0.717) is 12.5 Å². The highest BCUT2D eigenvalue weighted by Gasteiger charge is 2.35. The first-order valence-electron chi connectivity index (χ1n) is 7.84. The number of carbonyl (C=O) groups is 1. The lowest BCUT2D eigenvalue weighted by molar-refractivity contribution is -0.129. The molecule has 0 bridgehead atoms. The summed E-state index contributed by atoms with van der Waals surface area (Å²) in [6, 6.07) is -0.0482. The van der Waals surface area contributed by atoms with Crippen molar-refractivity contribution in [1.29, 1.82) is 0 Å². The summed E-state index contributed by atoms with van der Waals surface area (Å²) in [6.07, 6.45) is 4.45. The number of hydrogen-bond donors (Lipinski definition) is 2. The molecular weight excluding hydrogens is 272 g/mol. The first-order valence-corrected chi connectivity index (χ1v) is 8.99. The average molecular weight is 300 g/mol. The highest BCUT2D eigenvalue weighted by molar-refractivity contribution is 7.99. The van der Waals surface area contributed by atoms with Crippen LogP contribution in [0.25, 0.3) is 0 Å². The second kappa shape index (κ2) is 7.14. The summed E-state index contributed by atoms with van der Waals surface area (Å²) in [6.45, 7) is 6.67. The topological polar surface area (TPSA) is 52.6 Å². The minimum absolute atomic E-state index is 0.0482. The van der Waals surface area contributed by atoms with Crippen molar-refractivity contribution in [2.45, 2.75) is 51.2 Å². The van der Waals surface area contributed by atoms with Crippen LogP contribution in [0.1, 0.15) is 39.5 Å². The Labute approximate surface area is 126 Å². The molecule has 2 N–H and O–H groups in total. The van der Waals surface area contributed by atoms with Crippen LogP contribution < -0.4 is 5.32 Å². The van der Waals surface area contributed by atoms with Crippen molar-refractivity contribution in [1.82, 2.24) is 10.2 Å². The lowest BCUT2D eigenvalue weighted by Crippen LogP contribution is -2.54. The van der Waals surface area contributed by atoms with E-state index in [1.165, 1.54) is 19.3 Å². The molecular formula is C15H28N2O2S. The number of amides is 1. The zero-order chi connectivity index (χ0) is 14.6. The fraction of sp³-hybridized carbons (Fsp3) is 0.933. The maximum Gasteiger partial charge on any atom is 0.237 e. The van der Waals surface area contributed by atoms with Crippen molar-refractivity contribution in [3.63, 3.8) is 0 Å². The van der Waals surface area contributed by atoms with E-state index in [4.69, 9.17) is 0 Å². The van der Waals surface area contributed by atoms with Gasteiger partial charge in [-0.05, 0) is 44.0 Å². The predicted octanol–water partition coefficient (Wildman–Crippen LogP) is 1.48. The summed E-state index contributed by atoms with van der Waals surface area (Å²) < 4.78 is 0. The van der Waals surface area contributed by atoms with Gasteiger partial charge in [-0.3, -0.25) is 9.69 Å². The number of rotatable bonds is 5. The van der Waals surface area contributed by atoms with E-state index in [2.05, 4.69) is 24.1 Å².